The summed E-state index contributed by atoms with van der Waals surface area (Å²) in [4.78, 5) is 0. The van der Waals surface area contributed by atoms with Crippen LogP contribution in [-0.4, -0.2) is 6.54 Å². The minimum absolute atomic E-state index is 0.189. The van der Waals surface area contributed by atoms with Gasteiger partial charge in [0, 0.05) is 10.5 Å². The van der Waals surface area contributed by atoms with E-state index in [9.17, 15) is 4.39 Å². The van der Waals surface area contributed by atoms with Gasteiger partial charge >= 0.3 is 0 Å². The van der Waals surface area contributed by atoms with Gasteiger partial charge in [0.25, 0.3) is 0 Å². The van der Waals surface area contributed by atoms with E-state index in [4.69, 9.17) is 0 Å². The first-order valence-electron chi connectivity index (χ1n) is 6.93. The molecule has 0 saturated heterocycles. The Kier molecular flexibility index (Phi) is 5.74. The molecule has 2 rings (SSSR count). The molecule has 0 spiro atoms. The van der Waals surface area contributed by atoms with Crippen molar-refractivity contribution in [2.45, 2.75) is 25.8 Å². The van der Waals surface area contributed by atoms with Crippen LogP contribution in [0.3, 0.4) is 0 Å². The third-order valence-corrected chi connectivity index (χ3v) is 4.05. The summed E-state index contributed by atoms with van der Waals surface area (Å²) >= 11 is 3.51. The number of nitrogens with one attached hydrogen (secondary N) is 1. The van der Waals surface area contributed by atoms with Gasteiger partial charge < -0.3 is 5.32 Å². The number of hydrogen-bond acceptors (Lipinski definition) is 1. The fourth-order valence-corrected chi connectivity index (χ4v) is 2.64. The van der Waals surface area contributed by atoms with Gasteiger partial charge in [-0.25, -0.2) is 4.39 Å². The molecule has 0 aromatic heterocycles. The molecule has 0 aliphatic rings. The fourth-order valence-electron chi connectivity index (χ4n) is 2.23. The molecule has 2 aromatic rings. The molecule has 1 nitrogen and oxygen atoms in total. The SMILES string of the molecule is CCCNC(Cc1cc(F)ccc1Br)c1ccccc1. The van der Waals surface area contributed by atoms with Crippen molar-refractivity contribution < 1.29 is 4.39 Å². The second-order valence-corrected chi connectivity index (χ2v) is 5.71. The van der Waals surface area contributed by atoms with Crippen LogP contribution < -0.4 is 5.32 Å². The predicted octanol–water partition coefficient (Wildman–Crippen LogP) is 4.87. The molecule has 0 saturated carbocycles. The molecule has 106 valence electrons. The van der Waals surface area contributed by atoms with Gasteiger partial charge in [-0.15, -0.1) is 0 Å². The lowest BCUT2D eigenvalue weighted by Gasteiger charge is -2.20. The van der Waals surface area contributed by atoms with Crippen LogP contribution in [0, 0.1) is 5.82 Å². The van der Waals surface area contributed by atoms with Crippen molar-refractivity contribution >= 4 is 15.9 Å². The number of rotatable bonds is 6. The Morgan fingerprint density at radius 3 is 2.60 bits per heavy atom. The Balaban J connectivity index is 2.21. The lowest BCUT2D eigenvalue weighted by molar-refractivity contribution is 0.526. The highest BCUT2D eigenvalue weighted by atomic mass is 79.9. The first-order chi connectivity index (χ1) is 9.70. The number of hydrogen-bond donors (Lipinski definition) is 1. The second-order valence-electron chi connectivity index (χ2n) is 4.86. The van der Waals surface area contributed by atoms with Crippen LogP contribution in [0.2, 0.25) is 0 Å². The van der Waals surface area contributed by atoms with Crippen LogP contribution >= 0.6 is 15.9 Å². The van der Waals surface area contributed by atoms with Crippen molar-refractivity contribution in [1.29, 1.82) is 0 Å². The predicted molar refractivity (Wildman–Crippen MR) is 85.3 cm³/mol. The van der Waals surface area contributed by atoms with Crippen LogP contribution in [0.25, 0.3) is 0 Å². The maximum atomic E-state index is 13.4. The monoisotopic (exact) mass is 335 g/mol. The summed E-state index contributed by atoms with van der Waals surface area (Å²) in [6.45, 7) is 3.10. The van der Waals surface area contributed by atoms with Gasteiger partial charge in [-0.05, 0) is 48.7 Å². The summed E-state index contributed by atoms with van der Waals surface area (Å²) < 4.78 is 14.4. The van der Waals surface area contributed by atoms with E-state index in [1.165, 1.54) is 11.6 Å². The molecule has 3 heteroatoms. The highest BCUT2D eigenvalue weighted by Gasteiger charge is 2.13. The van der Waals surface area contributed by atoms with Crippen molar-refractivity contribution in [3.8, 4) is 0 Å². The Morgan fingerprint density at radius 1 is 1.15 bits per heavy atom. The van der Waals surface area contributed by atoms with Crippen LogP contribution in [0.1, 0.15) is 30.5 Å². The third-order valence-electron chi connectivity index (χ3n) is 3.27. The Labute approximate surface area is 128 Å². The number of benzene rings is 2. The van der Waals surface area contributed by atoms with E-state index < -0.39 is 0 Å². The Hall–Kier alpha value is -1.19. The van der Waals surface area contributed by atoms with E-state index in [0.29, 0.717) is 0 Å². The second kappa shape index (κ2) is 7.55. The molecule has 0 heterocycles. The van der Waals surface area contributed by atoms with Gasteiger partial charge in [-0.1, -0.05) is 53.2 Å². The normalized spacial score (nSPS) is 12.3. The fraction of sp³-hybridized carbons (Fsp3) is 0.294. The number of halogens is 2. The molecule has 0 aliphatic heterocycles. The lowest BCUT2D eigenvalue weighted by Crippen LogP contribution is -2.24. The topological polar surface area (TPSA) is 12.0 Å². The van der Waals surface area contributed by atoms with Crippen molar-refractivity contribution in [2.24, 2.45) is 0 Å². The molecular weight excluding hydrogens is 317 g/mol. The smallest absolute Gasteiger partial charge is 0.123 e. The largest absolute Gasteiger partial charge is 0.310 e. The summed E-state index contributed by atoms with van der Waals surface area (Å²) in [5.74, 6) is -0.189. The zero-order valence-electron chi connectivity index (χ0n) is 11.6. The highest BCUT2D eigenvalue weighted by molar-refractivity contribution is 9.10. The summed E-state index contributed by atoms with van der Waals surface area (Å²) in [5.41, 5.74) is 2.22. The van der Waals surface area contributed by atoms with Crippen LogP contribution in [0.5, 0.6) is 0 Å². The van der Waals surface area contributed by atoms with Gasteiger partial charge in [-0.3, -0.25) is 0 Å². The van der Waals surface area contributed by atoms with Gasteiger partial charge in [0.2, 0.25) is 0 Å². The molecule has 2 aromatic carbocycles. The van der Waals surface area contributed by atoms with Crippen LogP contribution in [-0.2, 0) is 6.42 Å². The third kappa shape index (κ3) is 4.15. The lowest BCUT2D eigenvalue weighted by atomic mass is 9.98. The van der Waals surface area contributed by atoms with Crippen molar-refractivity contribution in [3.63, 3.8) is 0 Å². The zero-order valence-corrected chi connectivity index (χ0v) is 13.2. The minimum Gasteiger partial charge on any atom is -0.310 e. The van der Waals surface area contributed by atoms with E-state index in [-0.39, 0.29) is 11.9 Å². The van der Waals surface area contributed by atoms with Crippen LogP contribution in [0.15, 0.2) is 53.0 Å². The first-order valence-corrected chi connectivity index (χ1v) is 7.72. The van der Waals surface area contributed by atoms with E-state index in [0.717, 1.165) is 29.4 Å². The van der Waals surface area contributed by atoms with E-state index >= 15 is 0 Å². The molecule has 1 unspecified atom stereocenters. The van der Waals surface area contributed by atoms with E-state index in [1.54, 1.807) is 12.1 Å². The molecule has 1 atom stereocenters. The molecule has 20 heavy (non-hydrogen) atoms. The quantitative estimate of drug-likeness (QED) is 0.793. The van der Waals surface area contributed by atoms with E-state index in [2.05, 4.69) is 40.3 Å². The highest BCUT2D eigenvalue weighted by Crippen LogP contribution is 2.24. The van der Waals surface area contributed by atoms with E-state index in [1.807, 2.05) is 18.2 Å². The maximum Gasteiger partial charge on any atom is 0.123 e. The van der Waals surface area contributed by atoms with Gasteiger partial charge in [0.15, 0.2) is 0 Å². The Bertz CT molecular complexity index is 542. The van der Waals surface area contributed by atoms with Crippen molar-refractivity contribution in [3.05, 3.63) is 69.9 Å². The molecule has 0 amide bonds. The minimum atomic E-state index is -0.189. The van der Waals surface area contributed by atoms with Gasteiger partial charge in [0.05, 0.1) is 0 Å². The molecule has 1 N–H and O–H groups in total. The zero-order chi connectivity index (χ0) is 14.4. The summed E-state index contributed by atoms with van der Waals surface area (Å²) in [7, 11) is 0. The Morgan fingerprint density at radius 2 is 1.90 bits per heavy atom. The van der Waals surface area contributed by atoms with Gasteiger partial charge in [-0.2, -0.15) is 0 Å². The average molecular weight is 336 g/mol. The standard InChI is InChI=1S/C17H19BrFN/c1-2-10-20-17(13-6-4-3-5-7-13)12-14-11-15(19)8-9-16(14)18/h3-9,11,17,20H,2,10,12H2,1H3. The molecule has 0 bridgehead atoms. The van der Waals surface area contributed by atoms with Crippen LogP contribution in [0.4, 0.5) is 4.39 Å². The molecular formula is C17H19BrFN. The molecule has 0 aliphatic carbocycles. The summed E-state index contributed by atoms with van der Waals surface area (Å²) in [6, 6.07) is 15.4. The average Bonchev–Trinajstić information content (AvgIpc) is 2.48. The van der Waals surface area contributed by atoms with Gasteiger partial charge in [0.1, 0.15) is 5.82 Å². The van der Waals surface area contributed by atoms with Crippen molar-refractivity contribution in [1.82, 2.24) is 5.32 Å². The molecule has 0 radical (unpaired) electrons. The summed E-state index contributed by atoms with van der Waals surface area (Å²) in [5, 5.41) is 3.54. The maximum absolute atomic E-state index is 13.4. The first kappa shape index (κ1) is 15.2. The summed E-state index contributed by atoms with van der Waals surface area (Å²) in [6.07, 6.45) is 1.84. The molecule has 0 fully saturated rings. The van der Waals surface area contributed by atoms with Crippen molar-refractivity contribution in [2.75, 3.05) is 6.54 Å².